The topological polar surface area (TPSA) is 87.9 Å². The highest BCUT2D eigenvalue weighted by Crippen LogP contribution is 2.37. The number of aromatic nitrogens is 3. The summed E-state index contributed by atoms with van der Waals surface area (Å²) >= 11 is 0. The summed E-state index contributed by atoms with van der Waals surface area (Å²) in [6.45, 7) is 3.57. The number of H-pyrrole nitrogens is 1. The first-order chi connectivity index (χ1) is 9.15. The van der Waals surface area contributed by atoms with Gasteiger partial charge in [-0.2, -0.15) is 0 Å². The van der Waals surface area contributed by atoms with E-state index in [0.29, 0.717) is 17.7 Å². The number of amides is 1. The van der Waals surface area contributed by atoms with E-state index in [9.17, 15) is 4.79 Å². The summed E-state index contributed by atoms with van der Waals surface area (Å²) in [5, 5.41) is 6.94. The van der Waals surface area contributed by atoms with Crippen molar-refractivity contribution in [2.75, 3.05) is 13.1 Å². The Balaban J connectivity index is 1.61. The van der Waals surface area contributed by atoms with E-state index in [4.69, 9.17) is 5.73 Å². The van der Waals surface area contributed by atoms with Crippen LogP contribution in [0.5, 0.6) is 0 Å². The van der Waals surface area contributed by atoms with Crippen LogP contribution in [0.3, 0.4) is 0 Å². The Kier molecular flexibility index (Phi) is 3.26. The Morgan fingerprint density at radius 2 is 2.05 bits per heavy atom. The lowest BCUT2D eigenvalue weighted by Crippen LogP contribution is -2.42. The maximum Gasteiger partial charge on any atom is 0.293 e. The number of likely N-dealkylation sites (tertiary alicyclic amines) is 1. The Morgan fingerprint density at radius 3 is 2.63 bits per heavy atom. The number of hydrogen-bond acceptors (Lipinski definition) is 4. The van der Waals surface area contributed by atoms with Crippen LogP contribution in [0.15, 0.2) is 0 Å². The average Bonchev–Trinajstić information content (AvgIpc) is 3.16. The number of hydrogen-bond donors (Lipinski definition) is 2. The molecular weight excluding hydrogens is 242 g/mol. The molecule has 1 unspecified atom stereocenters. The Labute approximate surface area is 112 Å². The zero-order chi connectivity index (χ0) is 13.4. The fourth-order valence-electron chi connectivity index (χ4n) is 2.68. The first kappa shape index (κ1) is 12.6. The van der Waals surface area contributed by atoms with Gasteiger partial charge in [-0.25, -0.2) is 4.98 Å². The lowest BCUT2D eigenvalue weighted by molar-refractivity contribution is 0.0669. The van der Waals surface area contributed by atoms with Crippen molar-refractivity contribution in [3.8, 4) is 0 Å². The zero-order valence-electron chi connectivity index (χ0n) is 11.3. The minimum atomic E-state index is -0.0497. The van der Waals surface area contributed by atoms with Crippen LogP contribution in [0.2, 0.25) is 0 Å². The standard InChI is InChI=1S/C13H21N5O/c1-8(14)9-4-6-18(7-5-9)13(19)12-15-11(16-17-12)10-2-3-10/h8-10H,2-7,14H2,1H3,(H,15,16,17). The normalized spacial score (nSPS) is 22.5. The molecule has 3 rings (SSSR count). The Morgan fingerprint density at radius 1 is 1.37 bits per heavy atom. The van der Waals surface area contributed by atoms with Crippen LogP contribution in [0, 0.1) is 5.92 Å². The van der Waals surface area contributed by atoms with Crippen molar-refractivity contribution in [1.29, 1.82) is 0 Å². The number of carbonyl (C=O) groups is 1. The number of nitrogens with zero attached hydrogens (tertiary/aromatic N) is 3. The summed E-state index contributed by atoms with van der Waals surface area (Å²) in [5.41, 5.74) is 5.91. The number of carbonyl (C=O) groups excluding carboxylic acids is 1. The summed E-state index contributed by atoms with van der Waals surface area (Å²) in [6, 6.07) is 0.210. The molecule has 1 amide bonds. The average molecular weight is 263 g/mol. The summed E-state index contributed by atoms with van der Waals surface area (Å²) in [6.07, 6.45) is 4.26. The molecule has 0 radical (unpaired) electrons. The monoisotopic (exact) mass is 263 g/mol. The van der Waals surface area contributed by atoms with Gasteiger partial charge in [0.15, 0.2) is 0 Å². The van der Waals surface area contributed by atoms with Crippen molar-refractivity contribution in [2.24, 2.45) is 11.7 Å². The van der Waals surface area contributed by atoms with Gasteiger partial charge in [-0.15, -0.1) is 5.10 Å². The summed E-state index contributed by atoms with van der Waals surface area (Å²) < 4.78 is 0. The Bertz CT molecular complexity index is 457. The van der Waals surface area contributed by atoms with Gasteiger partial charge in [0.2, 0.25) is 5.82 Å². The molecule has 0 bridgehead atoms. The number of piperidine rings is 1. The SMILES string of the molecule is CC(N)C1CCN(C(=O)c2n[nH]c(C3CC3)n2)CC1. The molecule has 1 saturated carbocycles. The van der Waals surface area contributed by atoms with Gasteiger partial charge in [0, 0.05) is 25.0 Å². The molecule has 0 aromatic carbocycles. The molecule has 1 aliphatic carbocycles. The van der Waals surface area contributed by atoms with E-state index < -0.39 is 0 Å². The number of nitrogens with one attached hydrogen (secondary N) is 1. The van der Waals surface area contributed by atoms with E-state index >= 15 is 0 Å². The van der Waals surface area contributed by atoms with Crippen LogP contribution in [-0.4, -0.2) is 45.1 Å². The van der Waals surface area contributed by atoms with E-state index in [-0.39, 0.29) is 11.9 Å². The van der Waals surface area contributed by atoms with E-state index in [1.54, 1.807) is 0 Å². The van der Waals surface area contributed by atoms with Crippen molar-refractivity contribution in [3.05, 3.63) is 11.6 Å². The molecule has 6 heteroatoms. The van der Waals surface area contributed by atoms with Crippen molar-refractivity contribution < 1.29 is 4.79 Å². The van der Waals surface area contributed by atoms with E-state index in [0.717, 1.165) is 44.6 Å². The predicted molar refractivity (Wildman–Crippen MR) is 70.6 cm³/mol. The lowest BCUT2D eigenvalue weighted by Gasteiger charge is -2.33. The molecule has 104 valence electrons. The molecule has 1 atom stereocenters. The summed E-state index contributed by atoms with van der Waals surface area (Å²) in [5.74, 6) is 2.16. The highest BCUT2D eigenvalue weighted by Gasteiger charge is 2.30. The van der Waals surface area contributed by atoms with Gasteiger partial charge in [-0.3, -0.25) is 9.89 Å². The molecule has 1 saturated heterocycles. The second-order valence-corrected chi connectivity index (χ2v) is 5.81. The smallest absolute Gasteiger partial charge is 0.293 e. The molecule has 3 N–H and O–H groups in total. The van der Waals surface area contributed by atoms with Crippen molar-refractivity contribution in [1.82, 2.24) is 20.1 Å². The molecule has 0 spiro atoms. The van der Waals surface area contributed by atoms with Crippen molar-refractivity contribution in [2.45, 2.75) is 44.6 Å². The van der Waals surface area contributed by atoms with E-state index in [2.05, 4.69) is 15.2 Å². The highest BCUT2D eigenvalue weighted by molar-refractivity contribution is 5.90. The summed E-state index contributed by atoms with van der Waals surface area (Å²) in [4.78, 5) is 18.4. The largest absolute Gasteiger partial charge is 0.336 e. The molecule has 1 aromatic heterocycles. The fraction of sp³-hybridized carbons (Fsp3) is 0.769. The zero-order valence-corrected chi connectivity index (χ0v) is 11.3. The van der Waals surface area contributed by atoms with E-state index in [1.807, 2.05) is 11.8 Å². The van der Waals surface area contributed by atoms with Gasteiger partial charge in [0.1, 0.15) is 5.82 Å². The molecule has 2 heterocycles. The van der Waals surface area contributed by atoms with E-state index in [1.165, 1.54) is 0 Å². The molecule has 19 heavy (non-hydrogen) atoms. The minimum absolute atomic E-state index is 0.0497. The van der Waals surface area contributed by atoms with Gasteiger partial charge < -0.3 is 10.6 Å². The van der Waals surface area contributed by atoms with Crippen LogP contribution in [-0.2, 0) is 0 Å². The van der Waals surface area contributed by atoms with Crippen LogP contribution < -0.4 is 5.73 Å². The number of rotatable bonds is 3. The first-order valence-electron chi connectivity index (χ1n) is 7.12. The van der Waals surface area contributed by atoms with Crippen LogP contribution in [0.1, 0.15) is 55.0 Å². The van der Waals surface area contributed by atoms with Gasteiger partial charge in [0.25, 0.3) is 5.91 Å². The van der Waals surface area contributed by atoms with Crippen LogP contribution in [0.4, 0.5) is 0 Å². The maximum absolute atomic E-state index is 12.3. The third kappa shape index (κ3) is 2.63. The molecule has 6 nitrogen and oxygen atoms in total. The maximum atomic E-state index is 12.3. The summed E-state index contributed by atoms with van der Waals surface area (Å²) in [7, 11) is 0. The minimum Gasteiger partial charge on any atom is -0.336 e. The highest BCUT2D eigenvalue weighted by atomic mass is 16.2. The quantitative estimate of drug-likeness (QED) is 0.847. The third-order valence-electron chi connectivity index (χ3n) is 4.23. The van der Waals surface area contributed by atoms with Gasteiger partial charge in [0.05, 0.1) is 0 Å². The van der Waals surface area contributed by atoms with Gasteiger partial charge in [-0.1, -0.05) is 0 Å². The van der Waals surface area contributed by atoms with Gasteiger partial charge in [-0.05, 0) is 38.5 Å². The number of nitrogens with two attached hydrogens (primary N) is 1. The fourth-order valence-corrected chi connectivity index (χ4v) is 2.68. The third-order valence-corrected chi connectivity index (χ3v) is 4.23. The Hall–Kier alpha value is -1.43. The van der Waals surface area contributed by atoms with Gasteiger partial charge >= 0.3 is 0 Å². The molecule has 2 aliphatic rings. The first-order valence-corrected chi connectivity index (χ1v) is 7.12. The lowest BCUT2D eigenvalue weighted by atomic mass is 9.91. The van der Waals surface area contributed by atoms with Crippen molar-refractivity contribution >= 4 is 5.91 Å². The molecule has 2 fully saturated rings. The second kappa shape index (κ2) is 4.92. The molecule has 1 aliphatic heterocycles. The predicted octanol–water partition coefficient (Wildman–Crippen LogP) is 0.881. The van der Waals surface area contributed by atoms with Crippen molar-refractivity contribution in [3.63, 3.8) is 0 Å². The van der Waals surface area contributed by atoms with Crippen LogP contribution in [0.25, 0.3) is 0 Å². The number of aromatic amines is 1. The molecular formula is C13H21N5O. The van der Waals surface area contributed by atoms with Crippen LogP contribution >= 0.6 is 0 Å². The molecule has 1 aromatic rings. The second-order valence-electron chi connectivity index (χ2n) is 5.81.